The van der Waals surface area contributed by atoms with Gasteiger partial charge in [-0.25, -0.2) is 0 Å². The van der Waals surface area contributed by atoms with Crippen LogP contribution in [-0.4, -0.2) is 12.0 Å². The molecule has 2 aromatic rings. The van der Waals surface area contributed by atoms with Gasteiger partial charge in [-0.05, 0) is 43.2 Å². The number of nitro groups is 1. The second-order valence-corrected chi connectivity index (χ2v) is 4.91. The van der Waals surface area contributed by atoms with Crippen molar-refractivity contribution in [2.45, 2.75) is 20.4 Å². The molecule has 0 unspecified atom stereocenters. The second-order valence-electron chi connectivity index (χ2n) is 4.91. The number of rotatable bonds is 5. The van der Waals surface area contributed by atoms with Crippen LogP contribution in [-0.2, 0) is 6.54 Å². The minimum absolute atomic E-state index is 0.0627. The van der Waals surface area contributed by atoms with Crippen molar-refractivity contribution >= 4 is 11.4 Å². The number of non-ortho nitro benzene ring substituents is 1. The van der Waals surface area contributed by atoms with Gasteiger partial charge in [0, 0.05) is 29.9 Å². The van der Waals surface area contributed by atoms with Gasteiger partial charge in [0.05, 0.1) is 12.0 Å². The van der Waals surface area contributed by atoms with Crippen LogP contribution in [0.25, 0.3) is 0 Å². The Balaban J connectivity index is 2.19. The molecule has 2 aromatic carbocycles. The number of methoxy groups -OCH3 is 1. The lowest BCUT2D eigenvalue weighted by Gasteiger charge is -2.11. The molecule has 1 N–H and O–H groups in total. The Hall–Kier alpha value is -2.56. The van der Waals surface area contributed by atoms with Crippen molar-refractivity contribution in [3.63, 3.8) is 0 Å². The molecule has 0 aliphatic heterocycles. The number of hydrogen-bond acceptors (Lipinski definition) is 4. The summed E-state index contributed by atoms with van der Waals surface area (Å²) in [5.41, 5.74) is 4.23. The predicted molar refractivity (Wildman–Crippen MR) is 82.9 cm³/mol. The summed E-state index contributed by atoms with van der Waals surface area (Å²) in [6.07, 6.45) is 0. The Morgan fingerprint density at radius 3 is 2.52 bits per heavy atom. The molecular weight excluding hydrogens is 268 g/mol. The topological polar surface area (TPSA) is 64.4 Å². The molecule has 0 aliphatic carbocycles. The summed E-state index contributed by atoms with van der Waals surface area (Å²) >= 11 is 0. The van der Waals surface area contributed by atoms with Crippen LogP contribution in [0.5, 0.6) is 5.75 Å². The first-order valence-corrected chi connectivity index (χ1v) is 6.63. The summed E-state index contributed by atoms with van der Waals surface area (Å²) in [5, 5.41) is 14.1. The Bertz CT molecular complexity index is 669. The van der Waals surface area contributed by atoms with Crippen molar-refractivity contribution in [2.75, 3.05) is 12.4 Å². The van der Waals surface area contributed by atoms with Gasteiger partial charge in [-0.3, -0.25) is 10.1 Å². The maximum Gasteiger partial charge on any atom is 0.270 e. The van der Waals surface area contributed by atoms with Crippen LogP contribution in [0, 0.1) is 24.0 Å². The molecule has 0 radical (unpaired) electrons. The molecule has 0 aliphatic rings. The molecule has 0 amide bonds. The van der Waals surface area contributed by atoms with Crippen LogP contribution in [0.15, 0.2) is 36.4 Å². The third-order valence-electron chi connectivity index (χ3n) is 3.46. The second kappa shape index (κ2) is 6.26. The van der Waals surface area contributed by atoms with Crippen molar-refractivity contribution in [3.8, 4) is 5.75 Å². The normalized spacial score (nSPS) is 10.2. The molecule has 0 heterocycles. The van der Waals surface area contributed by atoms with Gasteiger partial charge in [0.2, 0.25) is 0 Å². The molecule has 0 bridgehead atoms. The average Bonchev–Trinajstić information content (AvgIpc) is 2.48. The summed E-state index contributed by atoms with van der Waals surface area (Å²) < 4.78 is 5.25. The molecule has 0 fully saturated rings. The highest BCUT2D eigenvalue weighted by atomic mass is 16.6. The molecule has 110 valence electrons. The number of anilines is 1. The zero-order chi connectivity index (χ0) is 15.4. The number of nitro benzene ring substituents is 1. The minimum Gasteiger partial charge on any atom is -0.496 e. The summed E-state index contributed by atoms with van der Waals surface area (Å²) in [7, 11) is 1.56. The van der Waals surface area contributed by atoms with Crippen LogP contribution >= 0.6 is 0 Å². The molecule has 0 atom stereocenters. The molecular formula is C16H18N2O3. The highest BCUT2D eigenvalue weighted by Gasteiger charge is 2.11. The number of nitrogens with one attached hydrogen (secondary N) is 1. The Labute approximate surface area is 123 Å². The maximum absolute atomic E-state index is 10.9. The first kappa shape index (κ1) is 14.8. The Morgan fingerprint density at radius 2 is 1.90 bits per heavy atom. The smallest absolute Gasteiger partial charge is 0.270 e. The highest BCUT2D eigenvalue weighted by Crippen LogP contribution is 2.25. The van der Waals surface area contributed by atoms with Gasteiger partial charge in [0.25, 0.3) is 5.69 Å². The summed E-state index contributed by atoms with van der Waals surface area (Å²) in [6, 6.07) is 10.7. The first-order chi connectivity index (χ1) is 10.0. The zero-order valence-electron chi connectivity index (χ0n) is 12.3. The van der Waals surface area contributed by atoms with E-state index in [1.165, 1.54) is 23.3 Å². The molecule has 2 rings (SSSR count). The van der Waals surface area contributed by atoms with E-state index in [0.717, 1.165) is 11.3 Å². The van der Waals surface area contributed by atoms with Crippen LogP contribution < -0.4 is 10.1 Å². The van der Waals surface area contributed by atoms with Crippen molar-refractivity contribution in [1.29, 1.82) is 0 Å². The Kier molecular flexibility index (Phi) is 4.42. The van der Waals surface area contributed by atoms with Gasteiger partial charge in [0.15, 0.2) is 0 Å². The molecule has 0 saturated heterocycles. The highest BCUT2D eigenvalue weighted by molar-refractivity contribution is 5.50. The minimum atomic E-state index is -0.404. The van der Waals surface area contributed by atoms with E-state index < -0.39 is 4.92 Å². The summed E-state index contributed by atoms with van der Waals surface area (Å²) in [6.45, 7) is 4.57. The molecule has 5 heteroatoms. The van der Waals surface area contributed by atoms with Gasteiger partial charge in [-0.15, -0.1) is 0 Å². The molecule has 0 spiro atoms. The largest absolute Gasteiger partial charge is 0.496 e. The fraction of sp³-hybridized carbons (Fsp3) is 0.250. The van der Waals surface area contributed by atoms with Crippen LogP contribution in [0.2, 0.25) is 0 Å². The number of aryl methyl sites for hydroxylation is 2. The Morgan fingerprint density at radius 1 is 1.14 bits per heavy atom. The van der Waals surface area contributed by atoms with Crippen molar-refractivity contribution in [1.82, 2.24) is 0 Å². The third-order valence-corrected chi connectivity index (χ3v) is 3.46. The molecule has 0 aromatic heterocycles. The number of ether oxygens (including phenoxy) is 1. The third kappa shape index (κ3) is 3.51. The van der Waals surface area contributed by atoms with Crippen molar-refractivity contribution in [3.05, 3.63) is 63.2 Å². The zero-order valence-corrected chi connectivity index (χ0v) is 12.3. The molecule has 21 heavy (non-hydrogen) atoms. The van der Waals surface area contributed by atoms with E-state index in [1.807, 2.05) is 12.1 Å². The van der Waals surface area contributed by atoms with Gasteiger partial charge < -0.3 is 10.1 Å². The number of nitrogens with zero attached hydrogens (tertiary/aromatic N) is 1. The van der Waals surface area contributed by atoms with E-state index in [-0.39, 0.29) is 5.69 Å². The van der Waals surface area contributed by atoms with E-state index in [9.17, 15) is 10.1 Å². The van der Waals surface area contributed by atoms with E-state index in [1.54, 1.807) is 13.2 Å². The van der Waals surface area contributed by atoms with Crippen LogP contribution in [0.1, 0.15) is 16.7 Å². The fourth-order valence-electron chi connectivity index (χ4n) is 2.07. The van der Waals surface area contributed by atoms with Crippen molar-refractivity contribution < 1.29 is 9.66 Å². The van der Waals surface area contributed by atoms with E-state index >= 15 is 0 Å². The monoisotopic (exact) mass is 286 g/mol. The lowest BCUT2D eigenvalue weighted by molar-refractivity contribution is -0.384. The maximum atomic E-state index is 10.9. The standard InChI is InChI=1S/C16H18N2O3/c1-11-4-5-14(8-12(11)2)17-10-13-9-15(18(19)20)6-7-16(13)21-3/h4-9,17H,10H2,1-3H3. The van der Waals surface area contributed by atoms with Crippen LogP contribution in [0.3, 0.4) is 0 Å². The van der Waals surface area contributed by atoms with E-state index in [2.05, 4.69) is 25.2 Å². The average molecular weight is 286 g/mol. The number of benzene rings is 2. The summed E-state index contributed by atoms with van der Waals surface area (Å²) in [5.74, 6) is 0.636. The van der Waals surface area contributed by atoms with Gasteiger partial charge in [-0.2, -0.15) is 0 Å². The predicted octanol–water partition coefficient (Wildman–Crippen LogP) is 3.83. The lowest BCUT2D eigenvalue weighted by Crippen LogP contribution is -2.03. The fourth-order valence-corrected chi connectivity index (χ4v) is 2.07. The summed E-state index contributed by atoms with van der Waals surface area (Å²) in [4.78, 5) is 10.4. The van der Waals surface area contributed by atoms with Gasteiger partial charge in [-0.1, -0.05) is 6.07 Å². The lowest BCUT2D eigenvalue weighted by atomic mass is 10.1. The SMILES string of the molecule is COc1ccc([N+](=O)[O-])cc1CNc1ccc(C)c(C)c1. The quantitative estimate of drug-likeness (QED) is 0.670. The van der Waals surface area contributed by atoms with Gasteiger partial charge in [0.1, 0.15) is 5.75 Å². The van der Waals surface area contributed by atoms with E-state index in [4.69, 9.17) is 4.74 Å². The van der Waals surface area contributed by atoms with Crippen molar-refractivity contribution in [2.24, 2.45) is 0 Å². The van der Waals surface area contributed by atoms with E-state index in [0.29, 0.717) is 12.3 Å². The van der Waals surface area contributed by atoms with Crippen LogP contribution in [0.4, 0.5) is 11.4 Å². The number of hydrogen-bond donors (Lipinski definition) is 1. The first-order valence-electron chi connectivity index (χ1n) is 6.63. The molecule has 0 saturated carbocycles. The molecule has 5 nitrogen and oxygen atoms in total. The van der Waals surface area contributed by atoms with Gasteiger partial charge >= 0.3 is 0 Å².